The number of carbonyl (C=O) groups excluding carboxylic acids is 1. The van der Waals surface area contributed by atoms with Gasteiger partial charge in [0.05, 0.1) is 6.61 Å². The molecule has 1 heterocycles. The van der Waals surface area contributed by atoms with Gasteiger partial charge < -0.3 is 9.64 Å². The maximum atomic E-state index is 11.3. The number of benzene rings is 1. The number of hydrogen-bond donors (Lipinski definition) is 0. The van der Waals surface area contributed by atoms with Crippen LogP contribution in [0.25, 0.3) is 0 Å². The third-order valence-corrected chi connectivity index (χ3v) is 3.87. The van der Waals surface area contributed by atoms with Crippen molar-refractivity contribution in [1.29, 1.82) is 0 Å². The Bertz CT molecular complexity index is 444. The van der Waals surface area contributed by atoms with Crippen molar-refractivity contribution >= 4 is 5.78 Å². The topological polar surface area (TPSA) is 29.5 Å². The van der Waals surface area contributed by atoms with Crippen molar-refractivity contribution in [3.63, 3.8) is 0 Å². The summed E-state index contributed by atoms with van der Waals surface area (Å²) in [5, 5.41) is 0. The van der Waals surface area contributed by atoms with Crippen LogP contribution in [-0.4, -0.2) is 36.9 Å². The average Bonchev–Trinajstić information content (AvgIpc) is 2.44. The number of nitrogens with zero attached hydrogens (tertiary/aromatic N) is 1. The molecule has 1 aliphatic rings. The fraction of sp³-hybridized carbons (Fsp3) is 0.588. The molecule has 3 heteroatoms. The fourth-order valence-electron chi connectivity index (χ4n) is 2.77. The summed E-state index contributed by atoms with van der Waals surface area (Å²) in [7, 11) is 0. The maximum absolute atomic E-state index is 11.3. The molecule has 0 amide bonds. The zero-order valence-corrected chi connectivity index (χ0v) is 12.6. The van der Waals surface area contributed by atoms with E-state index in [2.05, 4.69) is 11.8 Å². The molecule has 1 aliphatic heterocycles. The highest BCUT2D eigenvalue weighted by Gasteiger charge is 2.15. The van der Waals surface area contributed by atoms with Gasteiger partial charge in [0.15, 0.2) is 5.78 Å². The van der Waals surface area contributed by atoms with Gasteiger partial charge in [0.1, 0.15) is 5.75 Å². The van der Waals surface area contributed by atoms with Crippen molar-refractivity contribution in [2.75, 3.05) is 26.2 Å². The summed E-state index contributed by atoms with van der Waals surface area (Å²) in [6.45, 7) is 8.18. The van der Waals surface area contributed by atoms with Gasteiger partial charge >= 0.3 is 0 Å². The number of Topliss-reactive ketones (excluding diaryl/α,β-unsaturated/α-hetero) is 1. The SMILES string of the molecule is CC(=O)c1cccc(OCCCN2CCC[C@H](C)C2)c1. The van der Waals surface area contributed by atoms with E-state index < -0.39 is 0 Å². The van der Waals surface area contributed by atoms with Crippen LogP contribution in [0.5, 0.6) is 5.75 Å². The predicted octanol–water partition coefficient (Wildman–Crippen LogP) is 3.39. The summed E-state index contributed by atoms with van der Waals surface area (Å²) in [4.78, 5) is 13.8. The Morgan fingerprint density at radius 3 is 3.05 bits per heavy atom. The van der Waals surface area contributed by atoms with Gasteiger partial charge in [-0.2, -0.15) is 0 Å². The minimum Gasteiger partial charge on any atom is -0.494 e. The first-order valence-corrected chi connectivity index (χ1v) is 7.61. The summed E-state index contributed by atoms with van der Waals surface area (Å²) in [6, 6.07) is 7.43. The molecule has 0 aromatic heterocycles. The largest absolute Gasteiger partial charge is 0.494 e. The molecule has 1 aromatic rings. The van der Waals surface area contributed by atoms with E-state index in [1.165, 1.54) is 25.9 Å². The second-order valence-corrected chi connectivity index (χ2v) is 5.83. The number of likely N-dealkylation sites (tertiary alicyclic amines) is 1. The van der Waals surface area contributed by atoms with Crippen molar-refractivity contribution in [2.24, 2.45) is 5.92 Å². The van der Waals surface area contributed by atoms with Crippen LogP contribution in [0, 0.1) is 5.92 Å². The van der Waals surface area contributed by atoms with Crippen LogP contribution in [0.3, 0.4) is 0 Å². The summed E-state index contributed by atoms with van der Waals surface area (Å²) < 4.78 is 5.74. The molecule has 0 N–H and O–H groups in total. The van der Waals surface area contributed by atoms with E-state index >= 15 is 0 Å². The molecule has 1 aromatic carbocycles. The Kier molecular flexibility index (Phi) is 5.60. The van der Waals surface area contributed by atoms with E-state index in [9.17, 15) is 4.79 Å². The summed E-state index contributed by atoms with van der Waals surface area (Å²) in [5.41, 5.74) is 0.715. The Hall–Kier alpha value is -1.35. The molecule has 2 rings (SSSR count). The van der Waals surface area contributed by atoms with Crippen LogP contribution in [0.15, 0.2) is 24.3 Å². The van der Waals surface area contributed by atoms with Crippen molar-refractivity contribution in [3.05, 3.63) is 29.8 Å². The molecule has 0 aliphatic carbocycles. The molecule has 1 atom stereocenters. The van der Waals surface area contributed by atoms with Crippen molar-refractivity contribution in [2.45, 2.75) is 33.1 Å². The van der Waals surface area contributed by atoms with Crippen molar-refractivity contribution in [1.82, 2.24) is 4.90 Å². The lowest BCUT2D eigenvalue weighted by molar-refractivity contribution is 0.101. The Morgan fingerprint density at radius 1 is 1.45 bits per heavy atom. The lowest BCUT2D eigenvalue weighted by atomic mass is 10.0. The molecule has 0 radical (unpaired) electrons. The lowest BCUT2D eigenvalue weighted by Crippen LogP contribution is -2.35. The molecule has 0 saturated carbocycles. The zero-order chi connectivity index (χ0) is 14.4. The van der Waals surface area contributed by atoms with E-state index in [4.69, 9.17) is 4.74 Å². The van der Waals surface area contributed by atoms with Crippen molar-refractivity contribution in [3.8, 4) is 5.75 Å². The normalized spacial score (nSPS) is 19.8. The zero-order valence-electron chi connectivity index (χ0n) is 12.6. The van der Waals surface area contributed by atoms with Crippen LogP contribution < -0.4 is 4.74 Å². The summed E-state index contributed by atoms with van der Waals surface area (Å²) in [6.07, 6.45) is 3.73. The highest BCUT2D eigenvalue weighted by molar-refractivity contribution is 5.94. The van der Waals surface area contributed by atoms with E-state index in [0.29, 0.717) is 12.2 Å². The molecule has 0 spiro atoms. The van der Waals surface area contributed by atoms with E-state index in [1.54, 1.807) is 6.92 Å². The quantitative estimate of drug-likeness (QED) is 0.589. The second-order valence-electron chi connectivity index (χ2n) is 5.83. The third-order valence-electron chi connectivity index (χ3n) is 3.87. The fourth-order valence-corrected chi connectivity index (χ4v) is 2.77. The number of ether oxygens (including phenoxy) is 1. The first-order valence-electron chi connectivity index (χ1n) is 7.61. The maximum Gasteiger partial charge on any atom is 0.159 e. The molecule has 1 fully saturated rings. The lowest BCUT2D eigenvalue weighted by Gasteiger charge is -2.30. The smallest absolute Gasteiger partial charge is 0.159 e. The minimum absolute atomic E-state index is 0.0813. The highest BCUT2D eigenvalue weighted by atomic mass is 16.5. The third kappa shape index (κ3) is 4.64. The molecule has 110 valence electrons. The summed E-state index contributed by atoms with van der Waals surface area (Å²) >= 11 is 0. The van der Waals surface area contributed by atoms with Gasteiger partial charge in [-0.05, 0) is 50.8 Å². The molecule has 0 unspecified atom stereocenters. The van der Waals surface area contributed by atoms with Crippen LogP contribution in [0.1, 0.15) is 43.5 Å². The van der Waals surface area contributed by atoms with Gasteiger partial charge in [-0.1, -0.05) is 19.1 Å². The monoisotopic (exact) mass is 275 g/mol. The van der Waals surface area contributed by atoms with Gasteiger partial charge in [-0.3, -0.25) is 4.79 Å². The van der Waals surface area contributed by atoms with Gasteiger partial charge in [0.2, 0.25) is 0 Å². The molecule has 0 bridgehead atoms. The standard InChI is InChI=1S/C17H25NO2/c1-14-6-4-9-18(13-14)10-5-11-20-17-8-3-7-16(12-17)15(2)19/h3,7-8,12,14H,4-6,9-11,13H2,1-2H3/t14-/m0/s1. The molecule has 1 saturated heterocycles. The Labute approximate surface area is 121 Å². The van der Waals surface area contributed by atoms with Crippen molar-refractivity contribution < 1.29 is 9.53 Å². The molecular formula is C17H25NO2. The molecular weight excluding hydrogens is 250 g/mol. The highest BCUT2D eigenvalue weighted by Crippen LogP contribution is 2.16. The molecule has 3 nitrogen and oxygen atoms in total. The number of hydrogen-bond acceptors (Lipinski definition) is 3. The predicted molar refractivity (Wildman–Crippen MR) is 81.4 cm³/mol. The second kappa shape index (κ2) is 7.44. The van der Waals surface area contributed by atoms with E-state index in [-0.39, 0.29) is 5.78 Å². The Balaban J connectivity index is 1.70. The minimum atomic E-state index is 0.0813. The van der Waals surface area contributed by atoms with Crippen LogP contribution >= 0.6 is 0 Å². The van der Waals surface area contributed by atoms with E-state index in [0.717, 1.165) is 24.6 Å². The first-order chi connectivity index (χ1) is 9.65. The van der Waals surface area contributed by atoms with Gasteiger partial charge in [-0.15, -0.1) is 0 Å². The van der Waals surface area contributed by atoms with Crippen LogP contribution in [-0.2, 0) is 0 Å². The van der Waals surface area contributed by atoms with Crippen LogP contribution in [0.4, 0.5) is 0 Å². The Morgan fingerprint density at radius 2 is 2.30 bits per heavy atom. The number of ketones is 1. The van der Waals surface area contributed by atoms with Gasteiger partial charge in [0.25, 0.3) is 0 Å². The summed E-state index contributed by atoms with van der Waals surface area (Å²) in [5.74, 6) is 1.71. The van der Waals surface area contributed by atoms with Crippen LogP contribution in [0.2, 0.25) is 0 Å². The number of rotatable bonds is 6. The number of piperidine rings is 1. The van der Waals surface area contributed by atoms with Gasteiger partial charge in [-0.25, -0.2) is 0 Å². The average molecular weight is 275 g/mol. The van der Waals surface area contributed by atoms with E-state index in [1.807, 2.05) is 24.3 Å². The first kappa shape index (κ1) is 15.0. The molecule has 20 heavy (non-hydrogen) atoms. The number of carbonyl (C=O) groups is 1. The van der Waals surface area contributed by atoms with Gasteiger partial charge in [0, 0.05) is 18.7 Å².